The van der Waals surface area contributed by atoms with Crippen LogP contribution in [0.1, 0.15) is 84.7 Å². The number of nitrogens with two attached hydrogens (primary N) is 2. The molecule has 0 aliphatic heterocycles. The fourth-order valence-electron chi connectivity index (χ4n) is 5.43. The molecule has 0 unspecified atom stereocenters. The van der Waals surface area contributed by atoms with Crippen LogP contribution < -0.4 is 11.5 Å². The van der Waals surface area contributed by atoms with Gasteiger partial charge in [-0.25, -0.2) is 0 Å². The maximum absolute atomic E-state index is 15.1. The molecule has 4 rings (SSSR count). The van der Waals surface area contributed by atoms with Crippen LogP contribution in [0.25, 0.3) is 0 Å². The van der Waals surface area contributed by atoms with Crippen molar-refractivity contribution in [3.8, 4) is 0 Å². The summed E-state index contributed by atoms with van der Waals surface area (Å²) in [5.41, 5.74) is 5.38. The summed E-state index contributed by atoms with van der Waals surface area (Å²) < 4.78 is 238. The van der Waals surface area contributed by atoms with E-state index in [1.165, 1.54) is 13.8 Å². The van der Waals surface area contributed by atoms with E-state index >= 15 is 17.6 Å². The van der Waals surface area contributed by atoms with Crippen molar-refractivity contribution in [1.82, 2.24) is 0 Å². The Bertz CT molecular complexity index is 1440. The number of hydrogen-bond acceptors (Lipinski definition) is 2. The zero-order valence-electron chi connectivity index (χ0n) is 24.9. The maximum Gasteiger partial charge on any atom is 0.385 e. The molecule has 4 N–H and O–H groups in total. The number of benzene rings is 2. The Balaban J connectivity index is 1.80. The molecule has 0 spiro atoms. The lowest BCUT2D eigenvalue weighted by molar-refractivity contribution is -0.456. The molecule has 48 heavy (non-hydrogen) atoms. The molecule has 2 aliphatic rings. The first-order chi connectivity index (χ1) is 21.6. The van der Waals surface area contributed by atoms with Gasteiger partial charge < -0.3 is 11.5 Å². The van der Waals surface area contributed by atoms with Gasteiger partial charge in [0.05, 0.1) is 0 Å². The van der Waals surface area contributed by atoms with Gasteiger partial charge in [0.15, 0.2) is 0 Å². The molecule has 2 aromatic rings. The first kappa shape index (κ1) is 37.7. The van der Waals surface area contributed by atoms with E-state index in [0.29, 0.717) is 0 Å². The number of halogens is 16. The van der Waals surface area contributed by atoms with Gasteiger partial charge >= 0.3 is 47.4 Å². The van der Waals surface area contributed by atoms with Gasteiger partial charge in [0, 0.05) is 22.5 Å². The van der Waals surface area contributed by atoms with E-state index in [9.17, 15) is 52.7 Å². The molecule has 2 nitrogen and oxygen atoms in total. The molecular formula is C30H28F16N2. The third kappa shape index (κ3) is 5.07. The Morgan fingerprint density at radius 1 is 0.458 bits per heavy atom. The minimum absolute atomic E-state index is 0.0812. The Kier molecular flexibility index (Phi) is 8.82. The van der Waals surface area contributed by atoms with Gasteiger partial charge in [-0.2, -0.15) is 70.2 Å². The van der Waals surface area contributed by atoms with Crippen molar-refractivity contribution < 1.29 is 70.2 Å². The van der Waals surface area contributed by atoms with Crippen molar-refractivity contribution in [3.05, 3.63) is 57.6 Å². The molecule has 0 radical (unpaired) electrons. The fourth-order valence-corrected chi connectivity index (χ4v) is 5.43. The lowest BCUT2D eigenvalue weighted by Crippen LogP contribution is -2.74. The van der Waals surface area contributed by atoms with Crippen LogP contribution in [-0.4, -0.2) is 35.5 Å². The van der Waals surface area contributed by atoms with Crippen molar-refractivity contribution in [2.45, 2.75) is 112 Å². The number of aryl methyl sites for hydroxylation is 2. The quantitative estimate of drug-likeness (QED) is 0.160. The molecule has 0 bridgehead atoms. The molecule has 2 fully saturated rings. The summed E-state index contributed by atoms with van der Waals surface area (Å²) in [6, 6.07) is 0.418. The van der Waals surface area contributed by atoms with Gasteiger partial charge in [-0.15, -0.1) is 0 Å². The largest absolute Gasteiger partial charge is 0.398 e. The molecule has 18 heteroatoms. The summed E-state index contributed by atoms with van der Waals surface area (Å²) >= 11 is 0. The van der Waals surface area contributed by atoms with Crippen LogP contribution in [-0.2, 0) is 24.7 Å². The highest BCUT2D eigenvalue weighted by atomic mass is 19.4. The van der Waals surface area contributed by atoms with Crippen LogP contribution >= 0.6 is 0 Å². The van der Waals surface area contributed by atoms with Crippen LogP contribution in [0.3, 0.4) is 0 Å². The molecule has 2 aromatic carbocycles. The van der Waals surface area contributed by atoms with E-state index in [1.54, 1.807) is 0 Å². The third-order valence-electron chi connectivity index (χ3n) is 8.88. The molecule has 0 aromatic heterocycles. The zero-order valence-corrected chi connectivity index (χ0v) is 24.9. The summed E-state index contributed by atoms with van der Waals surface area (Å²) in [6.07, 6.45) is 0.404. The van der Waals surface area contributed by atoms with Gasteiger partial charge in [0.2, 0.25) is 0 Å². The minimum atomic E-state index is -8.51. The van der Waals surface area contributed by atoms with Gasteiger partial charge in [-0.1, -0.05) is 13.8 Å². The SMILES string of the molecule is CCc1cc(C(F)(F)C(F)(F)C(F)(F)C(F)(F)C(F)(F)C(F)(F)C(F)(F)C(F)(F)c2cc(CC)c(N)c(C3CC3)c2)cc(C2CC2)c1N. The molecule has 0 heterocycles. The van der Waals surface area contributed by atoms with E-state index < -0.39 is 70.3 Å². The van der Waals surface area contributed by atoms with E-state index in [0.717, 1.165) is 0 Å². The minimum Gasteiger partial charge on any atom is -0.398 e. The number of alkyl halides is 16. The van der Waals surface area contributed by atoms with Crippen molar-refractivity contribution in [3.63, 3.8) is 0 Å². The monoisotopic (exact) mass is 720 g/mol. The van der Waals surface area contributed by atoms with Crippen molar-refractivity contribution in [2.75, 3.05) is 11.5 Å². The lowest BCUT2D eigenvalue weighted by atomic mass is 9.83. The van der Waals surface area contributed by atoms with E-state index in [2.05, 4.69) is 0 Å². The average molecular weight is 721 g/mol. The summed E-state index contributed by atoms with van der Waals surface area (Å²) in [7, 11) is 0. The summed E-state index contributed by atoms with van der Waals surface area (Å²) in [5, 5.41) is 0. The van der Waals surface area contributed by atoms with Crippen molar-refractivity contribution >= 4 is 11.4 Å². The first-order valence-corrected chi connectivity index (χ1v) is 14.5. The molecule has 270 valence electrons. The second kappa shape index (κ2) is 11.2. The highest BCUT2D eigenvalue weighted by Gasteiger charge is 2.95. The van der Waals surface area contributed by atoms with Gasteiger partial charge in [0.1, 0.15) is 0 Å². The summed E-state index contributed by atoms with van der Waals surface area (Å²) in [4.78, 5) is 0. The molecule has 0 amide bonds. The molecule has 2 aliphatic carbocycles. The molecule has 2 saturated carbocycles. The second-order valence-electron chi connectivity index (χ2n) is 12.1. The highest BCUT2D eigenvalue weighted by Crippen LogP contribution is 2.66. The summed E-state index contributed by atoms with van der Waals surface area (Å²) in [6.45, 7) is 2.48. The van der Waals surface area contributed by atoms with Crippen molar-refractivity contribution in [1.29, 1.82) is 0 Å². The smallest absolute Gasteiger partial charge is 0.385 e. The van der Waals surface area contributed by atoms with Gasteiger partial charge in [-0.3, -0.25) is 0 Å². The van der Waals surface area contributed by atoms with Crippen LogP contribution in [0, 0.1) is 0 Å². The van der Waals surface area contributed by atoms with Crippen LogP contribution in [0.5, 0.6) is 0 Å². The molecule has 0 saturated heterocycles. The van der Waals surface area contributed by atoms with E-state index in [1.807, 2.05) is 0 Å². The van der Waals surface area contributed by atoms with E-state index in [-0.39, 0.29) is 96.4 Å². The first-order valence-electron chi connectivity index (χ1n) is 14.5. The normalized spacial score (nSPS) is 17.6. The number of nitrogen functional groups attached to an aromatic ring is 2. The predicted octanol–water partition coefficient (Wildman–Crippen LogP) is 10.4. The second-order valence-corrected chi connectivity index (χ2v) is 12.1. The Morgan fingerprint density at radius 3 is 0.938 bits per heavy atom. The maximum atomic E-state index is 15.1. The van der Waals surface area contributed by atoms with Crippen molar-refractivity contribution in [2.24, 2.45) is 0 Å². The number of anilines is 2. The van der Waals surface area contributed by atoms with Crippen LogP contribution in [0.15, 0.2) is 24.3 Å². The molecular weight excluding hydrogens is 692 g/mol. The zero-order chi connectivity index (χ0) is 36.8. The Hall–Kier alpha value is -3.08. The van der Waals surface area contributed by atoms with Gasteiger partial charge in [-0.05, 0) is 96.9 Å². The Morgan fingerprint density at radius 2 is 0.708 bits per heavy atom. The molecule has 0 atom stereocenters. The standard InChI is InChI=1S/C30H28F16N2/c1-3-13-9-17(11-19(21(13)47)15-5-6-15)23(31,32)25(35,36)27(39,40)29(43,44)30(45,46)28(41,42)26(37,38)24(33,34)18-10-14(4-2)22(48)20(12-18)16-7-8-16/h9-12,15-16H,3-8,47-48H2,1-2H3. The number of rotatable bonds is 13. The fraction of sp³-hybridized carbons (Fsp3) is 0.600. The van der Waals surface area contributed by atoms with Gasteiger partial charge in [0.25, 0.3) is 0 Å². The highest BCUT2D eigenvalue weighted by molar-refractivity contribution is 5.60. The average Bonchev–Trinajstić information content (AvgIpc) is 3.91. The van der Waals surface area contributed by atoms with Crippen LogP contribution in [0.4, 0.5) is 81.6 Å². The Labute approximate surface area is 262 Å². The lowest BCUT2D eigenvalue weighted by Gasteiger charge is -2.44. The topological polar surface area (TPSA) is 52.0 Å². The number of hydrogen-bond donors (Lipinski definition) is 2. The van der Waals surface area contributed by atoms with Crippen LogP contribution in [0.2, 0.25) is 0 Å². The van der Waals surface area contributed by atoms with E-state index in [4.69, 9.17) is 11.5 Å². The third-order valence-corrected chi connectivity index (χ3v) is 8.88. The summed E-state index contributed by atoms with van der Waals surface area (Å²) in [5.74, 6) is -63.4. The predicted molar refractivity (Wildman–Crippen MR) is 142 cm³/mol.